The van der Waals surface area contributed by atoms with Gasteiger partial charge in [-0.3, -0.25) is 4.90 Å². The molecule has 1 aromatic rings. The molecule has 3 nitrogen and oxygen atoms in total. The molecule has 0 spiro atoms. The highest BCUT2D eigenvalue weighted by atomic mass is 19.1. The van der Waals surface area contributed by atoms with E-state index in [1.54, 1.807) is 7.11 Å². The molecule has 1 aliphatic carbocycles. The summed E-state index contributed by atoms with van der Waals surface area (Å²) in [5.41, 5.74) is 0.838. The Morgan fingerprint density at radius 1 is 1.32 bits per heavy atom. The second-order valence-corrected chi connectivity index (χ2v) is 5.46. The summed E-state index contributed by atoms with van der Waals surface area (Å²) >= 11 is 0. The molecule has 0 radical (unpaired) electrons. The molecule has 19 heavy (non-hydrogen) atoms. The number of piperazine rings is 1. The fraction of sp³-hybridized carbons (Fsp3) is 0.600. The van der Waals surface area contributed by atoms with Crippen molar-refractivity contribution >= 4 is 0 Å². The Bertz CT molecular complexity index is 442. The summed E-state index contributed by atoms with van der Waals surface area (Å²) in [6.45, 7) is 4.02. The van der Waals surface area contributed by atoms with Crippen LogP contribution in [0.1, 0.15) is 24.4 Å². The SMILES string of the molecule is COc1ccc([C@@H](C2CC2)N2CCNCC2)c(F)c1. The number of methoxy groups -OCH3 is 1. The lowest BCUT2D eigenvalue weighted by molar-refractivity contribution is 0.153. The molecule has 2 aliphatic rings. The zero-order chi connectivity index (χ0) is 13.2. The molecule has 1 N–H and O–H groups in total. The van der Waals surface area contributed by atoms with Crippen LogP contribution in [0.15, 0.2) is 18.2 Å². The molecule has 1 aliphatic heterocycles. The van der Waals surface area contributed by atoms with Crippen LogP contribution in [0.2, 0.25) is 0 Å². The van der Waals surface area contributed by atoms with Crippen molar-refractivity contribution in [2.75, 3.05) is 33.3 Å². The normalized spacial score (nSPS) is 22.2. The van der Waals surface area contributed by atoms with Gasteiger partial charge >= 0.3 is 0 Å². The number of hydrogen-bond donors (Lipinski definition) is 1. The average molecular weight is 264 g/mol. The monoisotopic (exact) mass is 264 g/mol. The quantitative estimate of drug-likeness (QED) is 0.902. The van der Waals surface area contributed by atoms with Gasteiger partial charge in [-0.15, -0.1) is 0 Å². The molecule has 3 rings (SSSR count). The van der Waals surface area contributed by atoms with Gasteiger partial charge in [0.1, 0.15) is 11.6 Å². The maximum Gasteiger partial charge on any atom is 0.131 e. The van der Waals surface area contributed by atoms with Gasteiger partial charge in [-0.25, -0.2) is 4.39 Å². The lowest BCUT2D eigenvalue weighted by atomic mass is 9.99. The molecule has 0 bridgehead atoms. The molecule has 0 aromatic heterocycles. The van der Waals surface area contributed by atoms with E-state index in [1.807, 2.05) is 12.1 Å². The molecule has 2 fully saturated rings. The Labute approximate surface area is 113 Å². The van der Waals surface area contributed by atoms with E-state index in [-0.39, 0.29) is 11.9 Å². The summed E-state index contributed by atoms with van der Waals surface area (Å²) < 4.78 is 19.4. The number of halogens is 1. The van der Waals surface area contributed by atoms with E-state index in [4.69, 9.17) is 4.74 Å². The predicted molar refractivity (Wildman–Crippen MR) is 72.9 cm³/mol. The number of ether oxygens (including phenoxy) is 1. The maximum atomic E-state index is 14.3. The lowest BCUT2D eigenvalue weighted by Crippen LogP contribution is -2.45. The standard InChI is InChI=1S/C15H21FN2O/c1-19-12-4-5-13(14(16)10-12)15(11-2-3-11)18-8-6-17-7-9-18/h4-5,10-11,15,17H,2-3,6-9H2,1H3/t15-/m1/s1. The molecular formula is C15H21FN2O. The smallest absolute Gasteiger partial charge is 0.131 e. The molecule has 0 unspecified atom stereocenters. The van der Waals surface area contributed by atoms with Crippen molar-refractivity contribution in [1.29, 1.82) is 0 Å². The molecule has 4 heteroatoms. The highest BCUT2D eigenvalue weighted by molar-refractivity contribution is 5.32. The third-order valence-electron chi connectivity index (χ3n) is 4.14. The van der Waals surface area contributed by atoms with Crippen LogP contribution in [0.5, 0.6) is 5.75 Å². The van der Waals surface area contributed by atoms with E-state index >= 15 is 0 Å². The van der Waals surface area contributed by atoms with Crippen molar-refractivity contribution < 1.29 is 9.13 Å². The summed E-state index contributed by atoms with van der Waals surface area (Å²) in [7, 11) is 1.57. The molecule has 104 valence electrons. The summed E-state index contributed by atoms with van der Waals surface area (Å²) in [6.07, 6.45) is 2.44. The molecule has 0 amide bonds. The van der Waals surface area contributed by atoms with Crippen LogP contribution in [-0.2, 0) is 0 Å². The van der Waals surface area contributed by atoms with Gasteiger partial charge in [0.25, 0.3) is 0 Å². The first-order valence-corrected chi connectivity index (χ1v) is 7.08. The Morgan fingerprint density at radius 2 is 2.05 bits per heavy atom. The number of nitrogens with zero attached hydrogens (tertiary/aromatic N) is 1. The van der Waals surface area contributed by atoms with Gasteiger partial charge in [0.05, 0.1) is 7.11 Å². The molecule has 1 atom stereocenters. The molecule has 1 saturated carbocycles. The van der Waals surface area contributed by atoms with Crippen LogP contribution in [0.3, 0.4) is 0 Å². The van der Waals surface area contributed by atoms with Crippen molar-refractivity contribution in [3.63, 3.8) is 0 Å². The van der Waals surface area contributed by atoms with E-state index in [0.717, 1.165) is 31.7 Å². The van der Waals surface area contributed by atoms with Gasteiger partial charge in [-0.05, 0) is 24.8 Å². The van der Waals surface area contributed by atoms with Gasteiger partial charge in [-0.2, -0.15) is 0 Å². The average Bonchev–Trinajstić information content (AvgIpc) is 3.27. The first-order chi connectivity index (χ1) is 9.29. The molecule has 1 heterocycles. The fourth-order valence-corrected chi connectivity index (χ4v) is 3.00. The van der Waals surface area contributed by atoms with E-state index in [2.05, 4.69) is 10.2 Å². The lowest BCUT2D eigenvalue weighted by Gasteiger charge is -2.35. The minimum Gasteiger partial charge on any atom is -0.497 e. The van der Waals surface area contributed by atoms with E-state index in [1.165, 1.54) is 18.9 Å². The van der Waals surface area contributed by atoms with Crippen molar-refractivity contribution in [2.45, 2.75) is 18.9 Å². The van der Waals surface area contributed by atoms with Crippen LogP contribution in [-0.4, -0.2) is 38.2 Å². The van der Waals surface area contributed by atoms with Crippen molar-refractivity contribution in [1.82, 2.24) is 10.2 Å². The van der Waals surface area contributed by atoms with Crippen molar-refractivity contribution in [3.05, 3.63) is 29.6 Å². The second kappa shape index (κ2) is 5.47. The first-order valence-electron chi connectivity index (χ1n) is 7.08. The van der Waals surface area contributed by atoms with Gasteiger partial charge in [0, 0.05) is 43.9 Å². The van der Waals surface area contributed by atoms with Crippen molar-refractivity contribution in [2.24, 2.45) is 5.92 Å². The summed E-state index contributed by atoms with van der Waals surface area (Å²) in [6, 6.07) is 5.52. The van der Waals surface area contributed by atoms with Crippen LogP contribution in [0.25, 0.3) is 0 Å². The van der Waals surface area contributed by atoms with E-state index in [0.29, 0.717) is 11.7 Å². The number of rotatable bonds is 4. The number of nitrogens with one attached hydrogen (secondary N) is 1. The molecule has 1 aromatic carbocycles. The van der Waals surface area contributed by atoms with Crippen molar-refractivity contribution in [3.8, 4) is 5.75 Å². The van der Waals surface area contributed by atoms with Crippen LogP contribution in [0.4, 0.5) is 4.39 Å². The minimum atomic E-state index is -0.130. The Morgan fingerprint density at radius 3 is 2.63 bits per heavy atom. The highest BCUT2D eigenvalue weighted by Crippen LogP contribution is 2.45. The van der Waals surface area contributed by atoms with Gasteiger partial charge in [0.15, 0.2) is 0 Å². The molecular weight excluding hydrogens is 243 g/mol. The molecule has 1 saturated heterocycles. The van der Waals surface area contributed by atoms with E-state index < -0.39 is 0 Å². The largest absolute Gasteiger partial charge is 0.497 e. The first kappa shape index (κ1) is 12.9. The minimum absolute atomic E-state index is 0.130. The summed E-state index contributed by atoms with van der Waals surface area (Å²) in [4.78, 5) is 2.43. The summed E-state index contributed by atoms with van der Waals surface area (Å²) in [5.74, 6) is 1.09. The Kier molecular flexibility index (Phi) is 3.71. The topological polar surface area (TPSA) is 24.5 Å². The van der Waals surface area contributed by atoms with Crippen LogP contribution in [0, 0.1) is 11.7 Å². The second-order valence-electron chi connectivity index (χ2n) is 5.46. The Hall–Kier alpha value is -1.13. The Balaban J connectivity index is 1.86. The third kappa shape index (κ3) is 2.74. The number of benzene rings is 1. The van der Waals surface area contributed by atoms with Gasteiger partial charge in [-0.1, -0.05) is 6.07 Å². The maximum absolute atomic E-state index is 14.3. The van der Waals surface area contributed by atoms with Crippen LogP contribution >= 0.6 is 0 Å². The van der Waals surface area contributed by atoms with E-state index in [9.17, 15) is 4.39 Å². The zero-order valence-electron chi connectivity index (χ0n) is 11.4. The third-order valence-corrected chi connectivity index (χ3v) is 4.14. The highest BCUT2D eigenvalue weighted by Gasteiger charge is 2.38. The predicted octanol–water partition coefficient (Wildman–Crippen LogP) is 2.19. The van der Waals surface area contributed by atoms with Gasteiger partial charge < -0.3 is 10.1 Å². The zero-order valence-corrected chi connectivity index (χ0v) is 11.4. The summed E-state index contributed by atoms with van der Waals surface area (Å²) in [5, 5.41) is 3.36. The fourth-order valence-electron chi connectivity index (χ4n) is 3.00. The number of hydrogen-bond acceptors (Lipinski definition) is 3. The van der Waals surface area contributed by atoms with Crippen LogP contribution < -0.4 is 10.1 Å². The van der Waals surface area contributed by atoms with Gasteiger partial charge in [0.2, 0.25) is 0 Å².